The van der Waals surface area contributed by atoms with Gasteiger partial charge in [0.25, 0.3) is 0 Å². The summed E-state index contributed by atoms with van der Waals surface area (Å²) in [5, 5.41) is 20.6. The number of benzene rings is 5. The molecule has 0 saturated carbocycles. The largest absolute Gasteiger partial charge is 0.457 e. The first-order valence-electron chi connectivity index (χ1n) is 11.3. The van der Waals surface area contributed by atoms with E-state index >= 15 is 0 Å². The summed E-state index contributed by atoms with van der Waals surface area (Å²) in [5.74, 6) is 2.76. The van der Waals surface area contributed by atoms with Crippen molar-refractivity contribution >= 4 is 34.0 Å². The lowest BCUT2D eigenvalue weighted by Gasteiger charge is -2.09. The molecule has 0 aliphatic rings. The van der Waals surface area contributed by atoms with Gasteiger partial charge in [-0.05, 0) is 60.3 Å². The predicted molar refractivity (Wildman–Crippen MR) is 148 cm³/mol. The minimum atomic E-state index is 0.394. The Balaban J connectivity index is 0.000000176. The van der Waals surface area contributed by atoms with Crippen LogP contribution in [0, 0.1) is 29.6 Å². The zero-order valence-electron chi connectivity index (χ0n) is 19.8. The highest BCUT2D eigenvalue weighted by Gasteiger charge is 2.06. The molecule has 0 heterocycles. The number of halogens is 2. The van der Waals surface area contributed by atoms with Gasteiger partial charge in [0, 0.05) is 17.5 Å². The highest BCUT2D eigenvalue weighted by molar-refractivity contribution is 6.32. The van der Waals surface area contributed by atoms with Crippen molar-refractivity contribution in [2.75, 3.05) is 0 Å². The highest BCUT2D eigenvalue weighted by atomic mass is 35.5. The summed E-state index contributed by atoms with van der Waals surface area (Å²) in [5.41, 5.74) is 2.02. The Bertz CT molecular complexity index is 1650. The Morgan fingerprint density at radius 2 is 1.16 bits per heavy atom. The van der Waals surface area contributed by atoms with E-state index in [9.17, 15) is 0 Å². The van der Waals surface area contributed by atoms with Gasteiger partial charge in [0.05, 0.1) is 21.2 Å². The maximum absolute atomic E-state index is 8.87. The minimum absolute atomic E-state index is 0.394. The molecule has 0 saturated heterocycles. The van der Waals surface area contributed by atoms with Crippen LogP contribution in [0.1, 0.15) is 16.7 Å². The van der Waals surface area contributed by atoms with Gasteiger partial charge >= 0.3 is 0 Å². The SMILES string of the molecule is Cc1cccc(Oc2ccc(C#N)c(Cl)c2)c1.N#Cc1ccc(Oc2cccc3ccccc23)cc1Cl. The van der Waals surface area contributed by atoms with Gasteiger partial charge in [0.15, 0.2) is 0 Å². The number of nitrogens with zero attached hydrogens (tertiary/aromatic N) is 2. The fourth-order valence-electron chi connectivity index (χ4n) is 3.53. The van der Waals surface area contributed by atoms with Gasteiger partial charge in [-0.1, -0.05) is 71.7 Å². The molecule has 0 N–H and O–H groups in total. The van der Waals surface area contributed by atoms with Crippen molar-refractivity contribution in [2.45, 2.75) is 6.92 Å². The normalized spacial score (nSPS) is 9.97. The van der Waals surface area contributed by atoms with E-state index in [-0.39, 0.29) is 0 Å². The summed E-state index contributed by atoms with van der Waals surface area (Å²) >= 11 is 11.9. The Labute approximate surface area is 225 Å². The van der Waals surface area contributed by atoms with E-state index in [0.717, 1.165) is 27.8 Å². The third-order valence-electron chi connectivity index (χ3n) is 5.32. The van der Waals surface area contributed by atoms with E-state index in [2.05, 4.69) is 0 Å². The van der Waals surface area contributed by atoms with Crippen molar-refractivity contribution in [2.24, 2.45) is 0 Å². The molecule has 4 nitrogen and oxygen atoms in total. The first kappa shape index (κ1) is 25.6. The van der Waals surface area contributed by atoms with Crippen molar-refractivity contribution in [3.63, 3.8) is 0 Å². The number of rotatable bonds is 4. The highest BCUT2D eigenvalue weighted by Crippen LogP contribution is 2.32. The van der Waals surface area contributed by atoms with Crippen molar-refractivity contribution in [3.8, 4) is 35.1 Å². The maximum atomic E-state index is 8.87. The second-order valence-corrected chi connectivity index (χ2v) is 8.82. The summed E-state index contributed by atoms with van der Waals surface area (Å²) in [7, 11) is 0. The van der Waals surface area contributed by atoms with Crippen LogP contribution in [0.25, 0.3) is 10.8 Å². The maximum Gasteiger partial charge on any atom is 0.135 e. The van der Waals surface area contributed by atoms with Crippen LogP contribution in [0.15, 0.2) is 103 Å². The van der Waals surface area contributed by atoms with E-state index in [0.29, 0.717) is 32.7 Å². The molecule has 0 atom stereocenters. The summed E-state index contributed by atoms with van der Waals surface area (Å²) in [6, 6.07) is 35.7. The molecule has 6 heteroatoms. The first-order valence-corrected chi connectivity index (χ1v) is 12.0. The number of hydrogen-bond donors (Lipinski definition) is 0. The van der Waals surface area contributed by atoms with Crippen LogP contribution in [-0.4, -0.2) is 0 Å². The number of nitriles is 2. The van der Waals surface area contributed by atoms with Gasteiger partial charge in [0.2, 0.25) is 0 Å². The van der Waals surface area contributed by atoms with E-state index < -0.39 is 0 Å². The molecule has 5 aromatic carbocycles. The second kappa shape index (κ2) is 12.0. The molecule has 0 bridgehead atoms. The van der Waals surface area contributed by atoms with Crippen molar-refractivity contribution in [1.29, 1.82) is 10.5 Å². The summed E-state index contributed by atoms with van der Waals surface area (Å²) in [6.45, 7) is 2.00. The summed E-state index contributed by atoms with van der Waals surface area (Å²) in [4.78, 5) is 0. The molecule has 180 valence electrons. The molecule has 0 aliphatic heterocycles. The Morgan fingerprint density at radius 1 is 0.595 bits per heavy atom. The molecule has 0 fully saturated rings. The van der Waals surface area contributed by atoms with Crippen LogP contribution in [0.3, 0.4) is 0 Å². The zero-order chi connectivity index (χ0) is 26.2. The van der Waals surface area contributed by atoms with Gasteiger partial charge < -0.3 is 9.47 Å². The lowest BCUT2D eigenvalue weighted by Crippen LogP contribution is -1.87. The van der Waals surface area contributed by atoms with Gasteiger partial charge in [-0.25, -0.2) is 0 Å². The molecule has 0 unspecified atom stereocenters. The Kier molecular flexibility index (Phi) is 8.29. The molecule has 0 spiro atoms. The molecule has 0 radical (unpaired) electrons. The average Bonchev–Trinajstić information content (AvgIpc) is 2.90. The number of fused-ring (bicyclic) bond motifs is 1. The first-order chi connectivity index (χ1) is 18.0. The van der Waals surface area contributed by atoms with Crippen LogP contribution in [0.4, 0.5) is 0 Å². The van der Waals surface area contributed by atoms with Gasteiger partial charge in [-0.15, -0.1) is 0 Å². The smallest absolute Gasteiger partial charge is 0.135 e. The monoisotopic (exact) mass is 522 g/mol. The standard InChI is InChI=1S/C17H10ClNO.C14H10ClNO/c18-16-10-14(9-8-13(16)11-19)20-17-7-3-5-12-4-1-2-6-15(12)17;1-10-3-2-4-12(7-10)17-13-6-5-11(9-16)14(15)8-13/h1-10H;2-8H,1H3. The number of hydrogen-bond acceptors (Lipinski definition) is 4. The Morgan fingerprint density at radius 3 is 1.78 bits per heavy atom. The molecule has 0 aliphatic carbocycles. The second-order valence-electron chi connectivity index (χ2n) is 8.00. The van der Waals surface area contributed by atoms with Gasteiger partial charge in [-0.3, -0.25) is 0 Å². The van der Waals surface area contributed by atoms with Gasteiger partial charge in [-0.2, -0.15) is 10.5 Å². The van der Waals surface area contributed by atoms with Crippen molar-refractivity contribution in [1.82, 2.24) is 0 Å². The lowest BCUT2D eigenvalue weighted by molar-refractivity contribution is 0.482. The van der Waals surface area contributed by atoms with Crippen LogP contribution < -0.4 is 9.47 Å². The average molecular weight is 523 g/mol. The number of ether oxygens (including phenoxy) is 2. The molecular weight excluding hydrogens is 503 g/mol. The molecular formula is C31H20Cl2N2O2. The van der Waals surface area contributed by atoms with Crippen LogP contribution in [-0.2, 0) is 0 Å². The molecule has 37 heavy (non-hydrogen) atoms. The van der Waals surface area contributed by atoms with E-state index in [1.807, 2.05) is 85.8 Å². The number of aryl methyl sites for hydroxylation is 1. The third kappa shape index (κ3) is 6.60. The zero-order valence-corrected chi connectivity index (χ0v) is 21.3. The molecule has 5 rings (SSSR count). The van der Waals surface area contributed by atoms with Crippen molar-refractivity contribution in [3.05, 3.63) is 130 Å². The van der Waals surface area contributed by atoms with E-state index in [1.54, 1.807) is 36.4 Å². The van der Waals surface area contributed by atoms with Crippen LogP contribution in [0.5, 0.6) is 23.0 Å². The molecule has 0 amide bonds. The molecule has 0 aromatic heterocycles. The molecule has 5 aromatic rings. The predicted octanol–water partition coefficient (Wildman–Crippen LogP) is 9.47. The van der Waals surface area contributed by atoms with Gasteiger partial charge in [0.1, 0.15) is 35.1 Å². The quantitative estimate of drug-likeness (QED) is 0.235. The van der Waals surface area contributed by atoms with Crippen molar-refractivity contribution < 1.29 is 9.47 Å². The van der Waals surface area contributed by atoms with E-state index in [4.69, 9.17) is 43.2 Å². The summed E-state index contributed by atoms with van der Waals surface area (Å²) in [6.07, 6.45) is 0. The fourth-order valence-corrected chi connectivity index (χ4v) is 3.95. The van der Waals surface area contributed by atoms with Crippen LogP contribution >= 0.6 is 23.2 Å². The summed E-state index contributed by atoms with van der Waals surface area (Å²) < 4.78 is 11.5. The minimum Gasteiger partial charge on any atom is -0.457 e. The Hall–Kier alpha value is -4.48. The van der Waals surface area contributed by atoms with E-state index in [1.165, 1.54) is 0 Å². The fraction of sp³-hybridized carbons (Fsp3) is 0.0323. The lowest BCUT2D eigenvalue weighted by atomic mass is 10.1. The topological polar surface area (TPSA) is 66.0 Å². The third-order valence-corrected chi connectivity index (χ3v) is 5.95. The van der Waals surface area contributed by atoms with Crippen LogP contribution in [0.2, 0.25) is 10.0 Å².